The summed E-state index contributed by atoms with van der Waals surface area (Å²) in [5, 5.41) is 6.80. The lowest BCUT2D eigenvalue weighted by molar-refractivity contribution is 0.0171. The fourth-order valence-electron chi connectivity index (χ4n) is 3.83. The highest BCUT2D eigenvalue weighted by Crippen LogP contribution is 2.16. The number of likely N-dealkylation sites (tertiary alicyclic amines) is 1. The van der Waals surface area contributed by atoms with E-state index >= 15 is 0 Å². The molecule has 7 heteroatoms. The zero-order valence-corrected chi connectivity index (χ0v) is 20.4. The van der Waals surface area contributed by atoms with Crippen LogP contribution in [0.2, 0.25) is 0 Å². The minimum absolute atomic E-state index is 0. The quantitative estimate of drug-likeness (QED) is 0.183. The van der Waals surface area contributed by atoms with Crippen LogP contribution in [0, 0.1) is 0 Å². The Morgan fingerprint density at radius 3 is 2.79 bits per heavy atom. The molecule has 2 rings (SSSR count). The molecule has 2 aliphatic heterocycles. The smallest absolute Gasteiger partial charge is 0.191 e. The van der Waals surface area contributed by atoms with Crippen molar-refractivity contribution in [1.29, 1.82) is 0 Å². The highest BCUT2D eigenvalue weighted by atomic mass is 127. The molecule has 2 aliphatic rings. The van der Waals surface area contributed by atoms with E-state index in [1.165, 1.54) is 51.6 Å². The average Bonchev–Trinajstić information content (AvgIpc) is 3.19. The maximum atomic E-state index is 5.70. The van der Waals surface area contributed by atoms with Crippen molar-refractivity contribution >= 4 is 29.9 Å². The van der Waals surface area contributed by atoms with Gasteiger partial charge in [0, 0.05) is 38.9 Å². The molecule has 0 bridgehead atoms. The second kappa shape index (κ2) is 16.7. The van der Waals surface area contributed by atoms with Crippen LogP contribution in [0.1, 0.15) is 65.2 Å². The summed E-state index contributed by atoms with van der Waals surface area (Å²) in [6.07, 6.45) is 10.2. The number of aliphatic imine (C=N–C) groups is 1. The SMILES string of the molecule is CCNC(=NCCCOCC1CCCO1)NCCCCN1CCCCC1C.I. The van der Waals surface area contributed by atoms with Crippen LogP contribution in [0.4, 0.5) is 0 Å². The van der Waals surface area contributed by atoms with Gasteiger partial charge < -0.3 is 25.0 Å². The molecule has 0 aromatic rings. The molecule has 2 unspecified atom stereocenters. The molecule has 2 heterocycles. The molecule has 2 atom stereocenters. The number of unbranched alkanes of at least 4 members (excludes halogenated alkanes) is 1. The molecule has 0 radical (unpaired) electrons. The molecule has 0 aromatic carbocycles. The van der Waals surface area contributed by atoms with Gasteiger partial charge >= 0.3 is 0 Å². The summed E-state index contributed by atoms with van der Waals surface area (Å²) in [4.78, 5) is 7.31. The molecule has 28 heavy (non-hydrogen) atoms. The molecule has 2 N–H and O–H groups in total. The summed E-state index contributed by atoms with van der Waals surface area (Å²) in [5.41, 5.74) is 0. The second-order valence-corrected chi connectivity index (χ2v) is 7.84. The Bertz CT molecular complexity index is 406. The van der Waals surface area contributed by atoms with Crippen LogP contribution in [0.3, 0.4) is 0 Å². The molecule has 0 aliphatic carbocycles. The van der Waals surface area contributed by atoms with Gasteiger partial charge in [0.05, 0.1) is 12.7 Å². The molecule has 0 spiro atoms. The number of piperidine rings is 1. The Hall–Kier alpha value is -0.120. The maximum absolute atomic E-state index is 5.70. The van der Waals surface area contributed by atoms with Crippen molar-refractivity contribution in [3.05, 3.63) is 0 Å². The van der Waals surface area contributed by atoms with E-state index in [1.54, 1.807) is 0 Å². The van der Waals surface area contributed by atoms with Gasteiger partial charge in [0.25, 0.3) is 0 Å². The lowest BCUT2D eigenvalue weighted by Gasteiger charge is -2.33. The highest BCUT2D eigenvalue weighted by Gasteiger charge is 2.17. The second-order valence-electron chi connectivity index (χ2n) is 7.84. The van der Waals surface area contributed by atoms with Gasteiger partial charge in [0.2, 0.25) is 0 Å². The monoisotopic (exact) mass is 510 g/mol. The Morgan fingerprint density at radius 2 is 2.04 bits per heavy atom. The predicted molar refractivity (Wildman–Crippen MR) is 128 cm³/mol. The standard InChI is InChI=1S/C21H42N4O2.HI/c1-3-22-21(24-13-9-16-26-18-20-11-8-17-27-20)23-12-5-7-15-25-14-6-4-10-19(25)2;/h19-20H,3-18H2,1-2H3,(H2,22,23,24);1H. The van der Waals surface area contributed by atoms with E-state index in [0.717, 1.165) is 64.3 Å². The molecule has 2 fully saturated rings. The van der Waals surface area contributed by atoms with Crippen molar-refractivity contribution < 1.29 is 9.47 Å². The van der Waals surface area contributed by atoms with Crippen LogP contribution in [-0.4, -0.2) is 75.5 Å². The Kier molecular flexibility index (Phi) is 15.4. The number of nitrogens with zero attached hydrogens (tertiary/aromatic N) is 2. The zero-order valence-electron chi connectivity index (χ0n) is 18.1. The van der Waals surface area contributed by atoms with Crippen molar-refractivity contribution in [2.24, 2.45) is 4.99 Å². The van der Waals surface area contributed by atoms with Gasteiger partial charge in [-0.1, -0.05) is 6.42 Å². The zero-order chi connectivity index (χ0) is 19.2. The van der Waals surface area contributed by atoms with Crippen LogP contribution in [0.15, 0.2) is 4.99 Å². The summed E-state index contributed by atoms with van der Waals surface area (Å²) >= 11 is 0. The van der Waals surface area contributed by atoms with Gasteiger partial charge in [-0.2, -0.15) is 0 Å². The third-order valence-corrected chi connectivity index (χ3v) is 5.49. The fraction of sp³-hybridized carbons (Fsp3) is 0.952. The number of ether oxygens (including phenoxy) is 2. The summed E-state index contributed by atoms with van der Waals surface area (Å²) < 4.78 is 11.3. The summed E-state index contributed by atoms with van der Waals surface area (Å²) in [6.45, 7) is 12.1. The molecule has 166 valence electrons. The molecular weight excluding hydrogens is 467 g/mol. The van der Waals surface area contributed by atoms with Crippen molar-refractivity contribution in [3.63, 3.8) is 0 Å². The fourth-order valence-corrected chi connectivity index (χ4v) is 3.83. The van der Waals surface area contributed by atoms with Gasteiger partial charge in [-0.15, -0.1) is 24.0 Å². The van der Waals surface area contributed by atoms with E-state index < -0.39 is 0 Å². The number of rotatable bonds is 12. The minimum Gasteiger partial charge on any atom is -0.379 e. The largest absolute Gasteiger partial charge is 0.379 e. The first-order valence-electron chi connectivity index (χ1n) is 11.2. The minimum atomic E-state index is 0. The molecular formula is C21H43IN4O2. The first-order chi connectivity index (χ1) is 13.3. The first kappa shape index (κ1) is 25.9. The van der Waals surface area contributed by atoms with Crippen molar-refractivity contribution in [3.8, 4) is 0 Å². The van der Waals surface area contributed by atoms with Crippen LogP contribution in [-0.2, 0) is 9.47 Å². The van der Waals surface area contributed by atoms with E-state index in [0.29, 0.717) is 6.10 Å². The van der Waals surface area contributed by atoms with Crippen molar-refractivity contribution in [2.45, 2.75) is 77.4 Å². The number of guanidine groups is 1. The topological polar surface area (TPSA) is 58.1 Å². The van der Waals surface area contributed by atoms with Gasteiger partial charge in [-0.3, -0.25) is 4.99 Å². The van der Waals surface area contributed by atoms with Crippen LogP contribution in [0.5, 0.6) is 0 Å². The average molecular weight is 511 g/mol. The normalized spacial score (nSPS) is 23.4. The Morgan fingerprint density at radius 1 is 1.14 bits per heavy atom. The summed E-state index contributed by atoms with van der Waals surface area (Å²) in [7, 11) is 0. The predicted octanol–water partition coefficient (Wildman–Crippen LogP) is 3.40. The van der Waals surface area contributed by atoms with E-state index in [-0.39, 0.29) is 24.0 Å². The van der Waals surface area contributed by atoms with Gasteiger partial charge in [0.15, 0.2) is 5.96 Å². The molecule has 0 saturated carbocycles. The Labute approximate surface area is 189 Å². The van der Waals surface area contributed by atoms with Crippen LogP contribution < -0.4 is 10.6 Å². The third-order valence-electron chi connectivity index (χ3n) is 5.49. The molecule has 0 amide bonds. The number of nitrogens with one attached hydrogen (secondary N) is 2. The Balaban J connectivity index is 0.00000392. The highest BCUT2D eigenvalue weighted by molar-refractivity contribution is 14.0. The van der Waals surface area contributed by atoms with E-state index in [4.69, 9.17) is 9.47 Å². The van der Waals surface area contributed by atoms with Gasteiger partial charge in [0.1, 0.15) is 0 Å². The number of hydrogen-bond donors (Lipinski definition) is 2. The first-order valence-corrected chi connectivity index (χ1v) is 11.2. The van der Waals surface area contributed by atoms with E-state index in [9.17, 15) is 0 Å². The molecule has 6 nitrogen and oxygen atoms in total. The lowest BCUT2D eigenvalue weighted by atomic mass is 10.0. The van der Waals surface area contributed by atoms with Gasteiger partial charge in [-0.05, 0) is 71.9 Å². The number of halogens is 1. The van der Waals surface area contributed by atoms with Crippen LogP contribution >= 0.6 is 24.0 Å². The van der Waals surface area contributed by atoms with Crippen LogP contribution in [0.25, 0.3) is 0 Å². The summed E-state index contributed by atoms with van der Waals surface area (Å²) in [6, 6.07) is 0.771. The third kappa shape index (κ3) is 11.2. The van der Waals surface area contributed by atoms with E-state index in [2.05, 4.69) is 34.4 Å². The van der Waals surface area contributed by atoms with Crippen molar-refractivity contribution in [2.75, 3.05) is 52.5 Å². The van der Waals surface area contributed by atoms with E-state index in [1.807, 2.05) is 0 Å². The summed E-state index contributed by atoms with van der Waals surface area (Å²) in [5.74, 6) is 0.933. The molecule has 2 saturated heterocycles. The van der Waals surface area contributed by atoms with Crippen molar-refractivity contribution in [1.82, 2.24) is 15.5 Å². The lowest BCUT2D eigenvalue weighted by Crippen LogP contribution is -2.39. The number of hydrogen-bond acceptors (Lipinski definition) is 4. The van der Waals surface area contributed by atoms with Gasteiger partial charge in [-0.25, -0.2) is 0 Å². The molecule has 0 aromatic heterocycles. The maximum Gasteiger partial charge on any atom is 0.191 e.